The molecule has 0 saturated carbocycles. The van der Waals surface area contributed by atoms with Crippen LogP contribution < -0.4 is 9.64 Å². The summed E-state index contributed by atoms with van der Waals surface area (Å²) >= 11 is 0. The molecule has 0 aromatic carbocycles. The maximum Gasteiger partial charge on any atom is 0.219 e. The van der Waals surface area contributed by atoms with E-state index in [2.05, 4.69) is 40.6 Å². The zero-order valence-corrected chi connectivity index (χ0v) is 11.4. The van der Waals surface area contributed by atoms with Crippen molar-refractivity contribution in [1.82, 2.24) is 9.97 Å². The quantitative estimate of drug-likeness (QED) is 0.694. The van der Waals surface area contributed by atoms with Crippen LogP contribution >= 0.6 is 0 Å². The number of hydrogen-bond acceptors (Lipinski definition) is 4. The van der Waals surface area contributed by atoms with E-state index in [0.29, 0.717) is 12.5 Å². The Morgan fingerprint density at radius 3 is 2.56 bits per heavy atom. The summed E-state index contributed by atoms with van der Waals surface area (Å²) in [5.41, 5.74) is 0. The summed E-state index contributed by atoms with van der Waals surface area (Å²) in [6, 6.07) is 1.88. The van der Waals surface area contributed by atoms with Crippen LogP contribution in [0.15, 0.2) is 12.4 Å². The fraction of sp³-hybridized carbons (Fsp3) is 0.571. The van der Waals surface area contributed by atoms with E-state index in [4.69, 9.17) is 4.74 Å². The smallest absolute Gasteiger partial charge is 0.219 e. The second-order valence-corrected chi connectivity index (χ2v) is 3.92. The lowest BCUT2D eigenvalue weighted by Gasteiger charge is -2.22. The Morgan fingerprint density at radius 2 is 1.94 bits per heavy atom. The van der Waals surface area contributed by atoms with Crippen molar-refractivity contribution in [2.75, 3.05) is 24.6 Å². The lowest BCUT2D eigenvalue weighted by atomic mass is 10.3. The highest BCUT2D eigenvalue weighted by Crippen LogP contribution is 2.16. The predicted molar refractivity (Wildman–Crippen MR) is 73.8 cm³/mol. The Balaban J connectivity index is 2.73. The Labute approximate surface area is 109 Å². The van der Waals surface area contributed by atoms with Gasteiger partial charge in [0.2, 0.25) is 5.88 Å². The van der Waals surface area contributed by atoms with Crippen LogP contribution in [0.5, 0.6) is 5.88 Å². The molecule has 0 fully saturated rings. The molecule has 18 heavy (non-hydrogen) atoms. The number of anilines is 1. The van der Waals surface area contributed by atoms with E-state index in [9.17, 15) is 0 Å². The number of aromatic nitrogens is 2. The van der Waals surface area contributed by atoms with Crippen molar-refractivity contribution in [3.8, 4) is 17.7 Å². The highest BCUT2D eigenvalue weighted by molar-refractivity contribution is 5.40. The van der Waals surface area contributed by atoms with Crippen LogP contribution in [-0.4, -0.2) is 29.7 Å². The summed E-state index contributed by atoms with van der Waals surface area (Å²) in [6.07, 6.45) is 3.74. The van der Waals surface area contributed by atoms with Gasteiger partial charge in [0.1, 0.15) is 12.1 Å². The predicted octanol–water partition coefficient (Wildman–Crippen LogP) is 2.51. The molecule has 0 aliphatic heterocycles. The summed E-state index contributed by atoms with van der Waals surface area (Å²) in [6.45, 7) is 8.49. The van der Waals surface area contributed by atoms with Crippen molar-refractivity contribution in [1.29, 1.82) is 0 Å². The second kappa shape index (κ2) is 8.35. The highest BCUT2D eigenvalue weighted by Gasteiger charge is 2.07. The van der Waals surface area contributed by atoms with Crippen LogP contribution in [0.2, 0.25) is 0 Å². The molecule has 0 bridgehead atoms. The molecule has 98 valence electrons. The van der Waals surface area contributed by atoms with Gasteiger partial charge in [-0.1, -0.05) is 19.8 Å². The molecular weight excluding hydrogens is 226 g/mol. The molecule has 1 heterocycles. The van der Waals surface area contributed by atoms with Crippen LogP contribution in [0.3, 0.4) is 0 Å². The first-order valence-corrected chi connectivity index (χ1v) is 6.41. The number of hydrogen-bond donors (Lipinski definition) is 0. The molecule has 1 aromatic rings. The van der Waals surface area contributed by atoms with Gasteiger partial charge < -0.3 is 9.64 Å². The lowest BCUT2D eigenvalue weighted by Crippen LogP contribution is -2.25. The van der Waals surface area contributed by atoms with Gasteiger partial charge in [-0.2, -0.15) is 0 Å². The standard InChI is InChI=1S/C14H21N3O/c1-4-7-10-18-14-11-13(15-12-16-14)17(8-5-2)9-6-3/h11-12H,5-6,8-10H2,1-3H3. The molecule has 0 spiro atoms. The third kappa shape index (κ3) is 4.62. The van der Waals surface area contributed by atoms with Crippen LogP contribution in [-0.2, 0) is 0 Å². The van der Waals surface area contributed by atoms with Gasteiger partial charge in [0.15, 0.2) is 6.61 Å². The van der Waals surface area contributed by atoms with Gasteiger partial charge in [0, 0.05) is 19.2 Å². The number of rotatable bonds is 7. The monoisotopic (exact) mass is 247 g/mol. The molecule has 0 saturated heterocycles. The van der Waals surface area contributed by atoms with Crippen LogP contribution in [0.25, 0.3) is 0 Å². The lowest BCUT2D eigenvalue weighted by molar-refractivity contribution is 0.354. The van der Waals surface area contributed by atoms with Crippen molar-refractivity contribution in [2.45, 2.75) is 33.6 Å². The summed E-state index contributed by atoms with van der Waals surface area (Å²) in [5, 5.41) is 0. The van der Waals surface area contributed by atoms with Gasteiger partial charge in [0.25, 0.3) is 0 Å². The van der Waals surface area contributed by atoms with Gasteiger partial charge in [-0.25, -0.2) is 9.97 Å². The van der Waals surface area contributed by atoms with Gasteiger partial charge in [0.05, 0.1) is 0 Å². The minimum Gasteiger partial charge on any atom is -0.464 e. The van der Waals surface area contributed by atoms with E-state index < -0.39 is 0 Å². The SMILES string of the molecule is CC#CCOc1cc(N(CCC)CCC)ncn1. The van der Waals surface area contributed by atoms with E-state index in [0.717, 1.165) is 31.7 Å². The molecule has 0 unspecified atom stereocenters. The van der Waals surface area contributed by atoms with Crippen molar-refractivity contribution < 1.29 is 4.74 Å². The topological polar surface area (TPSA) is 38.2 Å². The molecule has 4 nitrogen and oxygen atoms in total. The van der Waals surface area contributed by atoms with E-state index in [1.807, 2.05) is 6.07 Å². The number of ether oxygens (including phenoxy) is 1. The highest BCUT2D eigenvalue weighted by atomic mass is 16.5. The maximum absolute atomic E-state index is 5.44. The number of nitrogens with zero attached hydrogens (tertiary/aromatic N) is 3. The van der Waals surface area contributed by atoms with E-state index in [1.54, 1.807) is 13.3 Å². The molecule has 0 radical (unpaired) electrons. The zero-order chi connectivity index (χ0) is 13.2. The molecular formula is C14H21N3O. The van der Waals surface area contributed by atoms with Gasteiger partial charge in [-0.05, 0) is 19.8 Å². The van der Waals surface area contributed by atoms with Crippen LogP contribution in [0.1, 0.15) is 33.6 Å². The molecule has 4 heteroatoms. The first-order chi connectivity index (χ1) is 8.81. The van der Waals surface area contributed by atoms with Crippen LogP contribution in [0.4, 0.5) is 5.82 Å². The van der Waals surface area contributed by atoms with Crippen molar-refractivity contribution in [3.63, 3.8) is 0 Å². The molecule has 0 aliphatic carbocycles. The van der Waals surface area contributed by atoms with Crippen LogP contribution in [0, 0.1) is 11.8 Å². The Hall–Kier alpha value is -1.76. The first-order valence-electron chi connectivity index (χ1n) is 6.41. The summed E-state index contributed by atoms with van der Waals surface area (Å²) < 4.78 is 5.44. The fourth-order valence-corrected chi connectivity index (χ4v) is 1.64. The second-order valence-electron chi connectivity index (χ2n) is 3.92. The van der Waals surface area contributed by atoms with Gasteiger partial charge >= 0.3 is 0 Å². The van der Waals surface area contributed by atoms with Gasteiger partial charge in [-0.3, -0.25) is 0 Å². The molecule has 1 aromatic heterocycles. The zero-order valence-electron chi connectivity index (χ0n) is 11.4. The average molecular weight is 247 g/mol. The van der Waals surface area contributed by atoms with Crippen molar-refractivity contribution in [3.05, 3.63) is 12.4 Å². The molecule has 0 atom stereocenters. The largest absolute Gasteiger partial charge is 0.464 e. The fourth-order valence-electron chi connectivity index (χ4n) is 1.64. The van der Waals surface area contributed by atoms with Crippen molar-refractivity contribution >= 4 is 5.82 Å². The Morgan fingerprint density at radius 1 is 1.22 bits per heavy atom. The molecule has 1 rings (SSSR count). The van der Waals surface area contributed by atoms with E-state index in [-0.39, 0.29) is 0 Å². The minimum absolute atomic E-state index is 0.370. The third-order valence-electron chi connectivity index (χ3n) is 2.41. The third-order valence-corrected chi connectivity index (χ3v) is 2.41. The Kier molecular flexibility index (Phi) is 6.63. The maximum atomic E-state index is 5.44. The Bertz CT molecular complexity index is 403. The first kappa shape index (κ1) is 14.3. The minimum atomic E-state index is 0.370. The van der Waals surface area contributed by atoms with E-state index in [1.165, 1.54) is 0 Å². The summed E-state index contributed by atoms with van der Waals surface area (Å²) in [4.78, 5) is 10.6. The molecule has 0 aliphatic rings. The summed E-state index contributed by atoms with van der Waals surface area (Å²) in [5.74, 6) is 7.14. The normalized spacial score (nSPS) is 9.50. The molecule has 0 N–H and O–H groups in total. The summed E-state index contributed by atoms with van der Waals surface area (Å²) in [7, 11) is 0. The van der Waals surface area contributed by atoms with Crippen molar-refractivity contribution in [2.24, 2.45) is 0 Å². The average Bonchev–Trinajstić information content (AvgIpc) is 2.39. The van der Waals surface area contributed by atoms with E-state index >= 15 is 0 Å². The molecule has 0 amide bonds. The van der Waals surface area contributed by atoms with Gasteiger partial charge in [-0.15, -0.1) is 5.92 Å².